The van der Waals surface area contributed by atoms with Gasteiger partial charge in [-0.25, -0.2) is 12.7 Å². The minimum Gasteiger partial charge on any atom is -0.353 e. The fourth-order valence-corrected chi connectivity index (χ4v) is 5.51. The summed E-state index contributed by atoms with van der Waals surface area (Å²) in [5.74, 6) is 0.410. The standard InChI is InChI=1S/C19H26N2O3S/c1-25(23,24)21-10-8-19(9-11-21)13-14(12-18(22)20-15-6-7-15)16-4-2-3-5-17(16)19/h2-5,14-15H,6-13H2,1H3,(H,20,22)/t14-/m1/s1. The molecule has 0 unspecified atom stereocenters. The maximum atomic E-state index is 12.3. The molecule has 1 aliphatic heterocycles. The van der Waals surface area contributed by atoms with Gasteiger partial charge in [-0.1, -0.05) is 24.3 Å². The van der Waals surface area contributed by atoms with Crippen LogP contribution in [0.4, 0.5) is 0 Å². The summed E-state index contributed by atoms with van der Waals surface area (Å²) in [4.78, 5) is 12.3. The van der Waals surface area contributed by atoms with Gasteiger partial charge < -0.3 is 5.32 Å². The highest BCUT2D eigenvalue weighted by Gasteiger charge is 2.46. The fourth-order valence-electron chi connectivity index (χ4n) is 4.67. The highest BCUT2D eigenvalue weighted by atomic mass is 32.2. The van der Waals surface area contributed by atoms with Gasteiger partial charge >= 0.3 is 0 Å². The second-order valence-electron chi connectivity index (χ2n) is 7.98. The van der Waals surface area contributed by atoms with Gasteiger partial charge in [0.05, 0.1) is 6.26 Å². The molecule has 6 heteroatoms. The molecule has 4 rings (SSSR count). The van der Waals surface area contributed by atoms with Gasteiger partial charge in [-0.3, -0.25) is 4.79 Å². The average molecular weight is 362 g/mol. The molecule has 5 nitrogen and oxygen atoms in total. The summed E-state index contributed by atoms with van der Waals surface area (Å²) in [6.07, 6.45) is 6.71. The number of piperidine rings is 1. The number of carbonyl (C=O) groups is 1. The van der Waals surface area contributed by atoms with E-state index in [9.17, 15) is 13.2 Å². The summed E-state index contributed by atoms with van der Waals surface area (Å²) >= 11 is 0. The molecule has 1 heterocycles. The highest BCUT2D eigenvalue weighted by molar-refractivity contribution is 7.88. The first-order valence-corrected chi connectivity index (χ1v) is 11.1. The van der Waals surface area contributed by atoms with E-state index in [-0.39, 0.29) is 17.2 Å². The lowest BCUT2D eigenvalue weighted by Gasteiger charge is -2.39. The summed E-state index contributed by atoms with van der Waals surface area (Å²) < 4.78 is 25.2. The molecule has 3 aliphatic rings. The highest BCUT2D eigenvalue weighted by Crippen LogP contribution is 2.52. The van der Waals surface area contributed by atoms with E-state index in [4.69, 9.17) is 0 Å². The van der Waals surface area contributed by atoms with Crippen LogP contribution in [0.2, 0.25) is 0 Å². The van der Waals surface area contributed by atoms with Crippen LogP contribution in [0, 0.1) is 0 Å². The Bertz CT molecular complexity index is 778. The molecule has 1 atom stereocenters. The lowest BCUT2D eigenvalue weighted by atomic mass is 9.73. The Balaban J connectivity index is 1.53. The molecule has 2 fully saturated rings. The maximum Gasteiger partial charge on any atom is 0.220 e. The van der Waals surface area contributed by atoms with Crippen LogP contribution >= 0.6 is 0 Å². The number of amides is 1. The van der Waals surface area contributed by atoms with Crippen molar-refractivity contribution >= 4 is 15.9 Å². The third-order valence-corrected chi connectivity index (χ3v) is 7.44. The van der Waals surface area contributed by atoms with Crippen molar-refractivity contribution in [3.05, 3.63) is 35.4 Å². The van der Waals surface area contributed by atoms with Gasteiger partial charge in [0, 0.05) is 25.6 Å². The summed E-state index contributed by atoms with van der Waals surface area (Å²) in [7, 11) is -3.12. The average Bonchev–Trinajstić information content (AvgIpc) is 3.33. The number of hydrogen-bond acceptors (Lipinski definition) is 3. The van der Waals surface area contributed by atoms with Crippen molar-refractivity contribution < 1.29 is 13.2 Å². The number of nitrogens with zero attached hydrogens (tertiary/aromatic N) is 1. The lowest BCUT2D eigenvalue weighted by molar-refractivity contribution is -0.121. The van der Waals surface area contributed by atoms with Crippen LogP contribution in [-0.4, -0.2) is 44.0 Å². The first kappa shape index (κ1) is 17.0. The van der Waals surface area contributed by atoms with E-state index in [2.05, 4.69) is 29.6 Å². The van der Waals surface area contributed by atoms with E-state index in [1.807, 2.05) is 0 Å². The normalized spacial score (nSPS) is 25.7. The van der Waals surface area contributed by atoms with Crippen LogP contribution < -0.4 is 5.32 Å². The predicted octanol–water partition coefficient (Wildman–Crippen LogP) is 2.14. The van der Waals surface area contributed by atoms with Crippen molar-refractivity contribution in [1.82, 2.24) is 9.62 Å². The van der Waals surface area contributed by atoms with Crippen LogP contribution in [0.5, 0.6) is 0 Å². The molecule has 136 valence electrons. The number of nitrogens with one attached hydrogen (secondary N) is 1. The first-order valence-electron chi connectivity index (χ1n) is 9.21. The first-order chi connectivity index (χ1) is 11.9. The van der Waals surface area contributed by atoms with Gasteiger partial charge in [-0.15, -0.1) is 0 Å². The SMILES string of the molecule is CS(=O)(=O)N1CCC2(CC1)C[C@@H](CC(=O)NC1CC1)c1ccccc12. The number of benzene rings is 1. The van der Waals surface area contributed by atoms with Crippen molar-refractivity contribution in [2.24, 2.45) is 0 Å². The largest absolute Gasteiger partial charge is 0.353 e. The van der Waals surface area contributed by atoms with Crippen LogP contribution in [0.3, 0.4) is 0 Å². The van der Waals surface area contributed by atoms with Crippen LogP contribution in [0.1, 0.15) is 55.6 Å². The maximum absolute atomic E-state index is 12.3. The van der Waals surface area contributed by atoms with E-state index in [0.29, 0.717) is 25.6 Å². The van der Waals surface area contributed by atoms with Crippen molar-refractivity contribution in [3.8, 4) is 0 Å². The van der Waals surface area contributed by atoms with E-state index < -0.39 is 10.0 Å². The van der Waals surface area contributed by atoms with Gasteiger partial charge in [0.25, 0.3) is 0 Å². The molecule has 0 radical (unpaired) electrons. The molecule has 1 spiro atoms. The Hall–Kier alpha value is -1.40. The Morgan fingerprint density at radius 2 is 1.92 bits per heavy atom. The zero-order valence-corrected chi connectivity index (χ0v) is 15.5. The zero-order chi connectivity index (χ0) is 17.7. The number of rotatable bonds is 4. The monoisotopic (exact) mass is 362 g/mol. The van der Waals surface area contributed by atoms with E-state index in [1.54, 1.807) is 4.31 Å². The Kier molecular flexibility index (Phi) is 4.15. The topological polar surface area (TPSA) is 66.5 Å². The van der Waals surface area contributed by atoms with Gasteiger partial charge in [0.15, 0.2) is 0 Å². The number of hydrogen-bond donors (Lipinski definition) is 1. The van der Waals surface area contributed by atoms with Crippen molar-refractivity contribution in [1.29, 1.82) is 0 Å². The molecule has 25 heavy (non-hydrogen) atoms. The Morgan fingerprint density at radius 1 is 1.24 bits per heavy atom. The third-order valence-electron chi connectivity index (χ3n) is 6.13. The van der Waals surface area contributed by atoms with Crippen LogP contribution in [0.15, 0.2) is 24.3 Å². The van der Waals surface area contributed by atoms with E-state index >= 15 is 0 Å². The predicted molar refractivity (Wildman–Crippen MR) is 96.9 cm³/mol. The van der Waals surface area contributed by atoms with E-state index in [0.717, 1.165) is 32.1 Å². The molecule has 2 aliphatic carbocycles. The molecule has 0 bridgehead atoms. The smallest absolute Gasteiger partial charge is 0.220 e. The molecule has 1 amide bonds. The number of fused-ring (bicyclic) bond motifs is 2. The zero-order valence-electron chi connectivity index (χ0n) is 14.7. The summed E-state index contributed by atoms with van der Waals surface area (Å²) in [6, 6.07) is 8.86. The van der Waals surface area contributed by atoms with Crippen LogP contribution in [-0.2, 0) is 20.2 Å². The minimum absolute atomic E-state index is 0.0301. The molecule has 1 aromatic carbocycles. The molecular weight excluding hydrogens is 336 g/mol. The van der Waals surface area contributed by atoms with Crippen LogP contribution in [0.25, 0.3) is 0 Å². The minimum atomic E-state index is -3.12. The molecule has 0 aromatic heterocycles. The second kappa shape index (κ2) is 6.09. The molecule has 1 N–H and O–H groups in total. The summed E-state index contributed by atoms with van der Waals surface area (Å²) in [6.45, 7) is 1.16. The quantitative estimate of drug-likeness (QED) is 0.892. The summed E-state index contributed by atoms with van der Waals surface area (Å²) in [5.41, 5.74) is 2.66. The van der Waals surface area contributed by atoms with Crippen molar-refractivity contribution in [2.75, 3.05) is 19.3 Å². The Labute approximate surface area is 149 Å². The van der Waals surface area contributed by atoms with E-state index in [1.165, 1.54) is 17.4 Å². The molecule has 1 saturated carbocycles. The lowest BCUT2D eigenvalue weighted by Crippen LogP contribution is -2.44. The van der Waals surface area contributed by atoms with Crippen molar-refractivity contribution in [2.45, 2.75) is 55.9 Å². The number of sulfonamides is 1. The number of carbonyl (C=O) groups excluding carboxylic acids is 1. The second-order valence-corrected chi connectivity index (χ2v) is 9.96. The Morgan fingerprint density at radius 3 is 2.56 bits per heavy atom. The summed E-state index contributed by atoms with van der Waals surface area (Å²) in [5, 5.41) is 3.10. The van der Waals surface area contributed by atoms with Crippen molar-refractivity contribution in [3.63, 3.8) is 0 Å². The molecular formula is C19H26N2O3S. The van der Waals surface area contributed by atoms with Gasteiger partial charge in [0.1, 0.15) is 0 Å². The molecule has 1 aromatic rings. The van der Waals surface area contributed by atoms with Gasteiger partial charge in [-0.05, 0) is 54.6 Å². The van der Waals surface area contributed by atoms with Gasteiger partial charge in [0.2, 0.25) is 15.9 Å². The fraction of sp³-hybridized carbons (Fsp3) is 0.632. The molecule has 1 saturated heterocycles. The third kappa shape index (κ3) is 3.34. The van der Waals surface area contributed by atoms with Gasteiger partial charge in [-0.2, -0.15) is 0 Å².